The van der Waals surface area contributed by atoms with E-state index in [1.165, 1.54) is 57.4 Å². The summed E-state index contributed by atoms with van der Waals surface area (Å²) in [6.07, 6.45) is 12.7. The van der Waals surface area contributed by atoms with Crippen molar-refractivity contribution in [1.29, 1.82) is 0 Å². The van der Waals surface area contributed by atoms with E-state index in [4.69, 9.17) is 9.47 Å². The first-order chi connectivity index (χ1) is 11.4. The van der Waals surface area contributed by atoms with Crippen LogP contribution < -0.4 is 0 Å². The summed E-state index contributed by atoms with van der Waals surface area (Å²) in [7, 11) is 0. The summed E-state index contributed by atoms with van der Waals surface area (Å²) in [5.41, 5.74) is 1.28. The van der Waals surface area contributed by atoms with Gasteiger partial charge in [-0.3, -0.25) is 0 Å². The van der Waals surface area contributed by atoms with Gasteiger partial charge in [0, 0.05) is 31.6 Å². The SMILES string of the molecule is c1ncc(CC2CCN(CCCOCC3CCCCO3)CC2)[nH]1. The van der Waals surface area contributed by atoms with E-state index in [1.54, 1.807) is 6.33 Å². The number of aromatic nitrogens is 2. The first-order valence-electron chi connectivity index (χ1n) is 9.29. The highest BCUT2D eigenvalue weighted by molar-refractivity contribution is 4.96. The number of nitrogens with one attached hydrogen (secondary N) is 1. The van der Waals surface area contributed by atoms with Gasteiger partial charge in [-0.1, -0.05) is 0 Å². The summed E-state index contributed by atoms with van der Waals surface area (Å²) in [6.45, 7) is 6.19. The zero-order valence-electron chi connectivity index (χ0n) is 14.2. The Morgan fingerprint density at radius 2 is 2.17 bits per heavy atom. The van der Waals surface area contributed by atoms with Crippen molar-refractivity contribution in [3.8, 4) is 0 Å². The third-order valence-corrected chi connectivity index (χ3v) is 5.11. The second-order valence-corrected chi connectivity index (χ2v) is 6.98. The Balaban J connectivity index is 1.20. The number of piperidine rings is 1. The number of imidazole rings is 1. The maximum atomic E-state index is 5.79. The molecule has 5 nitrogen and oxygen atoms in total. The second-order valence-electron chi connectivity index (χ2n) is 6.98. The lowest BCUT2D eigenvalue weighted by Crippen LogP contribution is -2.35. The van der Waals surface area contributed by atoms with Crippen molar-refractivity contribution in [3.05, 3.63) is 18.2 Å². The summed E-state index contributed by atoms with van der Waals surface area (Å²) in [4.78, 5) is 9.91. The van der Waals surface area contributed by atoms with Gasteiger partial charge in [-0.2, -0.15) is 0 Å². The molecule has 0 radical (unpaired) electrons. The molecule has 1 unspecified atom stereocenters. The molecule has 1 aromatic heterocycles. The molecule has 2 saturated heterocycles. The first-order valence-corrected chi connectivity index (χ1v) is 9.29. The molecule has 1 atom stereocenters. The largest absolute Gasteiger partial charge is 0.379 e. The van der Waals surface area contributed by atoms with Gasteiger partial charge in [-0.05, 0) is 64.0 Å². The van der Waals surface area contributed by atoms with Crippen molar-refractivity contribution in [2.75, 3.05) is 39.5 Å². The van der Waals surface area contributed by atoms with Crippen LogP contribution >= 0.6 is 0 Å². The van der Waals surface area contributed by atoms with Crippen molar-refractivity contribution >= 4 is 0 Å². The molecule has 0 amide bonds. The van der Waals surface area contributed by atoms with Crippen LogP contribution in [0.5, 0.6) is 0 Å². The molecular weight excluding hydrogens is 290 g/mol. The number of aromatic amines is 1. The van der Waals surface area contributed by atoms with Gasteiger partial charge in [0.2, 0.25) is 0 Å². The minimum absolute atomic E-state index is 0.349. The number of H-pyrrole nitrogens is 1. The van der Waals surface area contributed by atoms with Gasteiger partial charge in [-0.15, -0.1) is 0 Å². The highest BCUT2D eigenvalue weighted by atomic mass is 16.5. The number of likely N-dealkylation sites (tertiary alicyclic amines) is 1. The fraction of sp³-hybridized carbons (Fsp3) is 0.833. The lowest BCUT2D eigenvalue weighted by atomic mass is 9.92. The Morgan fingerprint density at radius 3 is 2.91 bits per heavy atom. The average Bonchev–Trinajstić information content (AvgIpc) is 3.10. The standard InChI is InChI=1S/C18H31N3O2/c1-2-11-23-18(4-1)14-22-10-3-7-21-8-5-16(6-9-21)12-17-13-19-15-20-17/h13,15-16,18H,1-12,14H2,(H,19,20). The van der Waals surface area contributed by atoms with Crippen LogP contribution in [-0.4, -0.2) is 60.4 Å². The normalized spacial score (nSPS) is 24.1. The maximum absolute atomic E-state index is 5.79. The highest BCUT2D eigenvalue weighted by Crippen LogP contribution is 2.20. The van der Waals surface area contributed by atoms with Crippen LogP contribution in [0.3, 0.4) is 0 Å². The molecule has 130 valence electrons. The molecule has 1 aromatic rings. The number of ether oxygens (including phenoxy) is 2. The monoisotopic (exact) mass is 321 g/mol. The predicted molar refractivity (Wildman–Crippen MR) is 90.5 cm³/mol. The van der Waals surface area contributed by atoms with Crippen molar-refractivity contribution in [2.24, 2.45) is 5.92 Å². The Morgan fingerprint density at radius 1 is 1.26 bits per heavy atom. The predicted octanol–water partition coefficient (Wildman–Crippen LogP) is 2.64. The number of hydrogen-bond donors (Lipinski definition) is 1. The van der Waals surface area contributed by atoms with Crippen LogP contribution in [0.25, 0.3) is 0 Å². The molecule has 0 aromatic carbocycles. The lowest BCUT2D eigenvalue weighted by Gasteiger charge is -2.31. The summed E-state index contributed by atoms with van der Waals surface area (Å²) < 4.78 is 11.5. The molecule has 2 fully saturated rings. The zero-order valence-corrected chi connectivity index (χ0v) is 14.2. The van der Waals surface area contributed by atoms with Gasteiger partial charge in [0.15, 0.2) is 0 Å². The summed E-state index contributed by atoms with van der Waals surface area (Å²) in [5, 5.41) is 0. The minimum Gasteiger partial charge on any atom is -0.379 e. The zero-order chi connectivity index (χ0) is 15.7. The van der Waals surface area contributed by atoms with Crippen LogP contribution in [0.15, 0.2) is 12.5 Å². The van der Waals surface area contributed by atoms with Crippen LogP contribution in [-0.2, 0) is 15.9 Å². The molecule has 0 spiro atoms. The molecule has 5 heteroatoms. The Kier molecular flexibility index (Phi) is 6.92. The lowest BCUT2D eigenvalue weighted by molar-refractivity contribution is -0.0418. The topological polar surface area (TPSA) is 50.4 Å². The third-order valence-electron chi connectivity index (χ3n) is 5.11. The van der Waals surface area contributed by atoms with Gasteiger partial charge in [0.05, 0.1) is 19.0 Å². The van der Waals surface area contributed by atoms with Crippen molar-refractivity contribution < 1.29 is 9.47 Å². The van der Waals surface area contributed by atoms with Gasteiger partial charge in [0.25, 0.3) is 0 Å². The van der Waals surface area contributed by atoms with Crippen molar-refractivity contribution in [1.82, 2.24) is 14.9 Å². The molecule has 23 heavy (non-hydrogen) atoms. The summed E-state index contributed by atoms with van der Waals surface area (Å²) in [5.74, 6) is 0.811. The van der Waals surface area contributed by atoms with E-state index in [9.17, 15) is 0 Å². The van der Waals surface area contributed by atoms with E-state index in [1.807, 2.05) is 6.20 Å². The van der Waals surface area contributed by atoms with E-state index in [-0.39, 0.29) is 0 Å². The van der Waals surface area contributed by atoms with Crippen LogP contribution in [0.2, 0.25) is 0 Å². The molecule has 3 rings (SSSR count). The fourth-order valence-electron chi connectivity index (χ4n) is 3.67. The molecule has 1 N–H and O–H groups in total. The van der Waals surface area contributed by atoms with Gasteiger partial charge >= 0.3 is 0 Å². The summed E-state index contributed by atoms with van der Waals surface area (Å²) >= 11 is 0. The molecule has 3 heterocycles. The van der Waals surface area contributed by atoms with Gasteiger partial charge in [-0.25, -0.2) is 4.98 Å². The molecule has 2 aliphatic heterocycles. The van der Waals surface area contributed by atoms with E-state index in [2.05, 4.69) is 14.9 Å². The van der Waals surface area contributed by atoms with Crippen LogP contribution in [0.1, 0.15) is 44.2 Å². The highest BCUT2D eigenvalue weighted by Gasteiger charge is 2.19. The first kappa shape index (κ1) is 16.9. The molecule has 0 aliphatic carbocycles. The smallest absolute Gasteiger partial charge is 0.0921 e. The minimum atomic E-state index is 0.349. The van der Waals surface area contributed by atoms with Gasteiger partial charge in [0.1, 0.15) is 0 Å². The van der Waals surface area contributed by atoms with E-state index < -0.39 is 0 Å². The Labute approximate surface area is 139 Å². The third kappa shape index (κ3) is 5.90. The van der Waals surface area contributed by atoms with Gasteiger partial charge < -0.3 is 19.4 Å². The molecule has 0 bridgehead atoms. The Hall–Kier alpha value is -0.910. The second kappa shape index (κ2) is 9.40. The van der Waals surface area contributed by atoms with Crippen LogP contribution in [0, 0.1) is 5.92 Å². The van der Waals surface area contributed by atoms with Crippen molar-refractivity contribution in [2.45, 2.75) is 51.0 Å². The number of rotatable bonds is 8. The molecule has 0 saturated carbocycles. The maximum Gasteiger partial charge on any atom is 0.0921 e. The van der Waals surface area contributed by atoms with E-state index in [0.717, 1.165) is 38.6 Å². The molecule has 2 aliphatic rings. The fourth-order valence-corrected chi connectivity index (χ4v) is 3.67. The van der Waals surface area contributed by atoms with E-state index in [0.29, 0.717) is 6.10 Å². The van der Waals surface area contributed by atoms with E-state index >= 15 is 0 Å². The van der Waals surface area contributed by atoms with Crippen LogP contribution in [0.4, 0.5) is 0 Å². The number of hydrogen-bond acceptors (Lipinski definition) is 4. The number of nitrogens with zero attached hydrogens (tertiary/aromatic N) is 2. The Bertz CT molecular complexity index is 410. The summed E-state index contributed by atoms with van der Waals surface area (Å²) in [6, 6.07) is 0. The van der Waals surface area contributed by atoms with Crippen molar-refractivity contribution in [3.63, 3.8) is 0 Å². The quantitative estimate of drug-likeness (QED) is 0.748. The molecular formula is C18H31N3O2. The average molecular weight is 321 g/mol.